The van der Waals surface area contributed by atoms with Crippen molar-refractivity contribution >= 4 is 5.78 Å². The van der Waals surface area contributed by atoms with E-state index in [2.05, 4.69) is 0 Å². The number of carbonyl (C=O) groups excluding carboxylic acids is 1. The van der Waals surface area contributed by atoms with Crippen molar-refractivity contribution in [2.45, 2.75) is 38.7 Å². The lowest BCUT2D eigenvalue weighted by Gasteiger charge is -2.36. The highest BCUT2D eigenvalue weighted by Gasteiger charge is 2.41. The molecule has 0 radical (unpaired) electrons. The fourth-order valence-corrected chi connectivity index (χ4v) is 1.89. The van der Waals surface area contributed by atoms with E-state index in [1.807, 2.05) is 13.8 Å². The van der Waals surface area contributed by atoms with Crippen LogP contribution in [0.2, 0.25) is 0 Å². The third-order valence-corrected chi connectivity index (χ3v) is 3.20. The molecular formula is C11H20O3. The van der Waals surface area contributed by atoms with Crippen LogP contribution in [0.4, 0.5) is 0 Å². The van der Waals surface area contributed by atoms with E-state index in [1.54, 1.807) is 7.11 Å². The summed E-state index contributed by atoms with van der Waals surface area (Å²) in [4.78, 5) is 12.1. The van der Waals surface area contributed by atoms with Crippen molar-refractivity contribution in [1.29, 1.82) is 0 Å². The highest BCUT2D eigenvalue weighted by molar-refractivity contribution is 5.89. The zero-order chi connectivity index (χ0) is 10.6. The van der Waals surface area contributed by atoms with Crippen LogP contribution >= 0.6 is 0 Å². The van der Waals surface area contributed by atoms with Gasteiger partial charge in [-0.25, -0.2) is 0 Å². The lowest BCUT2D eigenvalue weighted by molar-refractivity contribution is -0.156. The molecule has 0 N–H and O–H groups in total. The average molecular weight is 200 g/mol. The Morgan fingerprint density at radius 3 is 2.50 bits per heavy atom. The Labute approximate surface area is 85.8 Å². The molecule has 1 fully saturated rings. The van der Waals surface area contributed by atoms with Gasteiger partial charge >= 0.3 is 0 Å². The lowest BCUT2D eigenvalue weighted by Crippen LogP contribution is -2.48. The highest BCUT2D eigenvalue weighted by Crippen LogP contribution is 2.29. The van der Waals surface area contributed by atoms with E-state index in [9.17, 15) is 4.79 Å². The second-order valence-electron chi connectivity index (χ2n) is 3.98. The summed E-state index contributed by atoms with van der Waals surface area (Å²) in [6.07, 6.45) is 2.28. The molecule has 1 unspecified atom stereocenters. The maximum Gasteiger partial charge on any atom is 0.167 e. The molecule has 82 valence electrons. The molecule has 0 bridgehead atoms. The molecule has 1 heterocycles. The maximum atomic E-state index is 12.1. The normalized spacial score (nSPS) is 23.1. The van der Waals surface area contributed by atoms with Crippen LogP contribution in [0.25, 0.3) is 0 Å². The zero-order valence-electron chi connectivity index (χ0n) is 9.34. The molecule has 1 saturated heterocycles. The van der Waals surface area contributed by atoms with Crippen molar-refractivity contribution in [3.63, 3.8) is 0 Å². The van der Waals surface area contributed by atoms with Gasteiger partial charge in [0.1, 0.15) is 5.60 Å². The van der Waals surface area contributed by atoms with Crippen LogP contribution in [0, 0.1) is 5.92 Å². The van der Waals surface area contributed by atoms with Crippen molar-refractivity contribution in [3.8, 4) is 0 Å². The number of ketones is 1. The molecule has 1 rings (SSSR count). The molecule has 0 aromatic rings. The van der Waals surface area contributed by atoms with Crippen LogP contribution < -0.4 is 0 Å². The van der Waals surface area contributed by atoms with E-state index in [-0.39, 0.29) is 11.7 Å². The zero-order valence-corrected chi connectivity index (χ0v) is 9.34. The van der Waals surface area contributed by atoms with Gasteiger partial charge in [0, 0.05) is 39.1 Å². The molecule has 3 heteroatoms. The molecule has 0 amide bonds. The van der Waals surface area contributed by atoms with Crippen molar-refractivity contribution in [1.82, 2.24) is 0 Å². The van der Waals surface area contributed by atoms with Crippen LogP contribution in [-0.2, 0) is 14.3 Å². The van der Waals surface area contributed by atoms with Crippen LogP contribution in [0.15, 0.2) is 0 Å². The summed E-state index contributed by atoms with van der Waals surface area (Å²) in [6, 6.07) is 0. The molecule has 1 atom stereocenters. The SMILES string of the molecule is CCC(C)C(=O)C1(OC)CCOCC1. The quantitative estimate of drug-likeness (QED) is 0.694. The van der Waals surface area contributed by atoms with Crippen molar-refractivity contribution in [2.24, 2.45) is 5.92 Å². The molecule has 0 aromatic heterocycles. The summed E-state index contributed by atoms with van der Waals surface area (Å²) in [5, 5.41) is 0. The fraction of sp³-hybridized carbons (Fsp3) is 0.909. The molecule has 14 heavy (non-hydrogen) atoms. The van der Waals surface area contributed by atoms with E-state index in [0.29, 0.717) is 26.1 Å². The predicted octanol–water partition coefficient (Wildman–Crippen LogP) is 1.80. The summed E-state index contributed by atoms with van der Waals surface area (Å²) in [6.45, 7) is 5.27. The number of methoxy groups -OCH3 is 1. The number of Topliss-reactive ketones (excluding diaryl/α,β-unsaturated/α-hetero) is 1. The van der Waals surface area contributed by atoms with Gasteiger partial charge in [-0.2, -0.15) is 0 Å². The molecule has 1 aliphatic rings. The van der Waals surface area contributed by atoms with Crippen molar-refractivity contribution < 1.29 is 14.3 Å². The Balaban J connectivity index is 2.72. The summed E-state index contributed by atoms with van der Waals surface area (Å²) >= 11 is 0. The van der Waals surface area contributed by atoms with Crippen LogP contribution in [-0.4, -0.2) is 31.7 Å². The largest absolute Gasteiger partial charge is 0.381 e. The van der Waals surface area contributed by atoms with Gasteiger partial charge in [-0.3, -0.25) is 4.79 Å². The van der Waals surface area contributed by atoms with Gasteiger partial charge in [0.15, 0.2) is 5.78 Å². The first kappa shape index (κ1) is 11.7. The Morgan fingerprint density at radius 1 is 1.50 bits per heavy atom. The molecule has 1 aliphatic heterocycles. The Morgan fingerprint density at radius 2 is 2.07 bits per heavy atom. The molecule has 0 spiro atoms. The molecular weight excluding hydrogens is 180 g/mol. The third-order valence-electron chi connectivity index (χ3n) is 3.20. The van der Waals surface area contributed by atoms with Gasteiger partial charge in [-0.05, 0) is 6.42 Å². The van der Waals surface area contributed by atoms with E-state index in [0.717, 1.165) is 6.42 Å². The minimum Gasteiger partial charge on any atom is -0.381 e. The predicted molar refractivity (Wildman–Crippen MR) is 54.3 cm³/mol. The number of carbonyl (C=O) groups is 1. The Hall–Kier alpha value is -0.410. The fourth-order valence-electron chi connectivity index (χ4n) is 1.89. The van der Waals surface area contributed by atoms with Crippen LogP contribution in [0.3, 0.4) is 0 Å². The highest BCUT2D eigenvalue weighted by atomic mass is 16.5. The first-order valence-electron chi connectivity index (χ1n) is 5.33. The Bertz CT molecular complexity index is 195. The number of ether oxygens (including phenoxy) is 2. The average Bonchev–Trinajstić information content (AvgIpc) is 2.28. The van der Waals surface area contributed by atoms with Crippen molar-refractivity contribution in [2.75, 3.05) is 20.3 Å². The minimum absolute atomic E-state index is 0.0908. The van der Waals surface area contributed by atoms with Crippen LogP contribution in [0.5, 0.6) is 0 Å². The maximum absolute atomic E-state index is 12.1. The first-order valence-corrected chi connectivity index (χ1v) is 5.33. The van der Waals surface area contributed by atoms with Gasteiger partial charge in [0.05, 0.1) is 0 Å². The summed E-state index contributed by atoms with van der Waals surface area (Å²) in [7, 11) is 1.63. The van der Waals surface area contributed by atoms with E-state index in [4.69, 9.17) is 9.47 Å². The second kappa shape index (κ2) is 4.89. The lowest BCUT2D eigenvalue weighted by atomic mass is 9.82. The molecule has 0 saturated carbocycles. The van der Waals surface area contributed by atoms with Gasteiger partial charge in [-0.15, -0.1) is 0 Å². The van der Waals surface area contributed by atoms with E-state index >= 15 is 0 Å². The molecule has 0 aliphatic carbocycles. The molecule has 3 nitrogen and oxygen atoms in total. The van der Waals surface area contributed by atoms with E-state index < -0.39 is 5.60 Å². The topological polar surface area (TPSA) is 35.5 Å². The van der Waals surface area contributed by atoms with Gasteiger partial charge in [-0.1, -0.05) is 13.8 Å². The number of hydrogen-bond donors (Lipinski definition) is 0. The summed E-state index contributed by atoms with van der Waals surface area (Å²) < 4.78 is 10.7. The van der Waals surface area contributed by atoms with Gasteiger partial charge < -0.3 is 9.47 Å². The summed E-state index contributed by atoms with van der Waals surface area (Å²) in [5.41, 5.74) is -0.562. The Kier molecular flexibility index (Phi) is 4.08. The molecule has 0 aromatic carbocycles. The summed E-state index contributed by atoms with van der Waals surface area (Å²) in [5.74, 6) is 0.332. The second-order valence-corrected chi connectivity index (χ2v) is 3.98. The van der Waals surface area contributed by atoms with Crippen LogP contribution in [0.1, 0.15) is 33.1 Å². The van der Waals surface area contributed by atoms with Crippen molar-refractivity contribution in [3.05, 3.63) is 0 Å². The number of rotatable bonds is 4. The van der Waals surface area contributed by atoms with Gasteiger partial charge in [0.2, 0.25) is 0 Å². The monoisotopic (exact) mass is 200 g/mol. The standard InChI is InChI=1S/C11H20O3/c1-4-9(2)10(12)11(13-3)5-7-14-8-6-11/h9H,4-8H2,1-3H3. The van der Waals surface area contributed by atoms with Gasteiger partial charge in [0.25, 0.3) is 0 Å². The minimum atomic E-state index is -0.562. The smallest absolute Gasteiger partial charge is 0.167 e. The third kappa shape index (κ3) is 2.15. The number of hydrogen-bond acceptors (Lipinski definition) is 3. The first-order chi connectivity index (χ1) is 6.66. The van der Waals surface area contributed by atoms with E-state index in [1.165, 1.54) is 0 Å².